The summed E-state index contributed by atoms with van der Waals surface area (Å²) in [7, 11) is -0.936. The van der Waals surface area contributed by atoms with E-state index < -0.39 is 21.4 Å². The van der Waals surface area contributed by atoms with Gasteiger partial charge >= 0.3 is 0 Å². The zero-order valence-corrected chi connectivity index (χ0v) is 22.8. The summed E-state index contributed by atoms with van der Waals surface area (Å²) in [6, 6.07) is 5.37. The van der Waals surface area contributed by atoms with Crippen molar-refractivity contribution >= 4 is 16.0 Å². The maximum absolute atomic E-state index is 13.7. The Morgan fingerprint density at radius 1 is 1.03 bits per heavy atom. The summed E-state index contributed by atoms with van der Waals surface area (Å²) in [4.78, 5) is 8.66. The Balaban J connectivity index is 1.77. The molecule has 1 aliphatic carbocycles. The number of sulfonamides is 1. The van der Waals surface area contributed by atoms with Gasteiger partial charge in [0.2, 0.25) is 16.0 Å². The minimum atomic E-state index is -4.03. The van der Waals surface area contributed by atoms with Crippen molar-refractivity contribution in [3.63, 3.8) is 0 Å². The van der Waals surface area contributed by atoms with Crippen LogP contribution in [-0.4, -0.2) is 58.7 Å². The summed E-state index contributed by atoms with van der Waals surface area (Å²) in [5.41, 5.74) is 1.69. The summed E-state index contributed by atoms with van der Waals surface area (Å²) in [6.07, 6.45) is 5.00. The number of hydrogen-bond acceptors (Lipinski definition) is 9. The Morgan fingerprint density at radius 3 is 2.22 bits per heavy atom. The molecule has 0 radical (unpaired) electrons. The molecular formula is C25H34N6O5S. The van der Waals surface area contributed by atoms with Gasteiger partial charge in [-0.2, -0.15) is 0 Å². The van der Waals surface area contributed by atoms with Crippen LogP contribution in [0.5, 0.6) is 11.5 Å². The molecule has 11 nitrogen and oxygen atoms in total. The minimum Gasteiger partial charge on any atom is -0.494 e. The first-order valence-electron chi connectivity index (χ1n) is 12.3. The third kappa shape index (κ3) is 5.54. The van der Waals surface area contributed by atoms with Gasteiger partial charge in [-0.15, -0.1) is 10.2 Å². The van der Waals surface area contributed by atoms with Crippen LogP contribution in [0, 0.1) is 6.92 Å². The van der Waals surface area contributed by atoms with Crippen LogP contribution in [0.25, 0.3) is 5.69 Å². The molecule has 37 heavy (non-hydrogen) atoms. The number of ether oxygens (including phenoxy) is 3. The highest BCUT2D eigenvalue weighted by Crippen LogP contribution is 2.42. The van der Waals surface area contributed by atoms with E-state index in [2.05, 4.69) is 24.9 Å². The second-order valence-electron chi connectivity index (χ2n) is 9.40. The van der Waals surface area contributed by atoms with E-state index in [1.165, 1.54) is 0 Å². The molecule has 1 saturated carbocycles. The molecule has 1 N–H and O–H groups in total. The standard InChI is InChI=1S/C25H34N6O5S/c1-15(2)36-23(19-14-26-16(3)13-27-19)17(4)37(32,33)30-25-29-28-24(18-9-7-10-18)31(25)22-20(34-5)11-8-12-21(22)35-6/h8,11-15,17-18,23H,7,9-10H2,1-6H3,(H,29,30). The van der Waals surface area contributed by atoms with Gasteiger partial charge in [0.1, 0.15) is 34.4 Å². The number of benzene rings is 1. The number of nitrogens with one attached hydrogen (secondary N) is 1. The highest BCUT2D eigenvalue weighted by molar-refractivity contribution is 7.93. The van der Waals surface area contributed by atoms with Crippen LogP contribution in [0.15, 0.2) is 30.6 Å². The highest BCUT2D eigenvalue weighted by atomic mass is 32.2. The molecule has 2 aromatic heterocycles. The Labute approximate surface area is 217 Å². The van der Waals surface area contributed by atoms with Crippen molar-refractivity contribution in [2.24, 2.45) is 0 Å². The quantitative estimate of drug-likeness (QED) is 0.391. The maximum atomic E-state index is 13.7. The molecule has 1 aromatic carbocycles. The van der Waals surface area contributed by atoms with Crippen molar-refractivity contribution in [2.75, 3.05) is 18.9 Å². The van der Waals surface area contributed by atoms with Crippen LogP contribution in [0.3, 0.4) is 0 Å². The topological polar surface area (TPSA) is 130 Å². The minimum absolute atomic E-state index is 0.0508. The zero-order valence-electron chi connectivity index (χ0n) is 22.0. The van der Waals surface area contributed by atoms with Crippen molar-refractivity contribution in [1.29, 1.82) is 0 Å². The molecule has 3 aromatic rings. The molecule has 0 aliphatic heterocycles. The predicted molar refractivity (Wildman–Crippen MR) is 139 cm³/mol. The summed E-state index contributed by atoms with van der Waals surface area (Å²) >= 11 is 0. The number of aryl methyl sites for hydroxylation is 1. The second kappa shape index (κ2) is 11.0. The average molecular weight is 531 g/mol. The molecule has 2 atom stereocenters. The lowest BCUT2D eigenvalue weighted by Crippen LogP contribution is -2.34. The number of hydrogen-bond donors (Lipinski definition) is 1. The molecule has 2 heterocycles. The molecular weight excluding hydrogens is 496 g/mol. The van der Waals surface area contributed by atoms with Gasteiger partial charge in [-0.3, -0.25) is 19.3 Å². The van der Waals surface area contributed by atoms with E-state index in [0.717, 1.165) is 25.0 Å². The van der Waals surface area contributed by atoms with E-state index in [-0.39, 0.29) is 18.0 Å². The fourth-order valence-electron chi connectivity index (χ4n) is 4.21. The van der Waals surface area contributed by atoms with Crippen molar-refractivity contribution in [2.45, 2.75) is 70.3 Å². The second-order valence-corrected chi connectivity index (χ2v) is 11.4. The van der Waals surface area contributed by atoms with Crippen LogP contribution in [-0.2, 0) is 14.8 Å². The number of methoxy groups -OCH3 is 2. The Bertz CT molecular complexity index is 1300. The SMILES string of the molecule is COc1cccc(OC)c1-n1c(NS(=O)(=O)C(C)C(OC(C)C)c2cnc(C)cn2)nnc1C1CCC1. The van der Waals surface area contributed by atoms with E-state index >= 15 is 0 Å². The first kappa shape index (κ1) is 26.8. The largest absolute Gasteiger partial charge is 0.494 e. The van der Waals surface area contributed by atoms with Crippen LogP contribution >= 0.6 is 0 Å². The van der Waals surface area contributed by atoms with E-state index in [1.54, 1.807) is 56.3 Å². The summed E-state index contributed by atoms with van der Waals surface area (Å²) < 4.78 is 49.1. The Hall–Kier alpha value is -3.25. The Kier molecular flexibility index (Phi) is 7.98. The molecule has 12 heteroatoms. The van der Waals surface area contributed by atoms with Gasteiger partial charge in [0.05, 0.1) is 37.9 Å². The van der Waals surface area contributed by atoms with Crippen LogP contribution in [0.2, 0.25) is 0 Å². The van der Waals surface area contributed by atoms with Crippen LogP contribution in [0.1, 0.15) is 69.3 Å². The van der Waals surface area contributed by atoms with E-state index in [0.29, 0.717) is 28.7 Å². The van der Waals surface area contributed by atoms with Gasteiger partial charge in [0.15, 0.2) is 0 Å². The Morgan fingerprint density at radius 2 is 1.70 bits per heavy atom. The lowest BCUT2D eigenvalue weighted by Gasteiger charge is -2.27. The van der Waals surface area contributed by atoms with Crippen molar-refractivity contribution in [3.8, 4) is 17.2 Å². The van der Waals surface area contributed by atoms with Gasteiger partial charge in [-0.1, -0.05) is 12.5 Å². The molecule has 4 rings (SSSR count). The van der Waals surface area contributed by atoms with Gasteiger partial charge in [0, 0.05) is 12.1 Å². The molecule has 0 spiro atoms. The van der Waals surface area contributed by atoms with E-state index in [9.17, 15) is 8.42 Å². The molecule has 0 saturated heterocycles. The number of para-hydroxylation sites is 1. The van der Waals surface area contributed by atoms with Crippen molar-refractivity contribution in [3.05, 3.63) is 47.8 Å². The van der Waals surface area contributed by atoms with Gasteiger partial charge < -0.3 is 14.2 Å². The van der Waals surface area contributed by atoms with Gasteiger partial charge in [0.25, 0.3) is 0 Å². The highest BCUT2D eigenvalue weighted by Gasteiger charge is 2.36. The predicted octanol–water partition coefficient (Wildman–Crippen LogP) is 3.95. The molecule has 200 valence electrons. The van der Waals surface area contributed by atoms with Crippen LogP contribution < -0.4 is 14.2 Å². The summed E-state index contributed by atoms with van der Waals surface area (Å²) in [5, 5.41) is 7.63. The lowest BCUT2D eigenvalue weighted by atomic mass is 9.85. The number of nitrogens with zero attached hydrogens (tertiary/aromatic N) is 5. The fraction of sp³-hybridized carbons (Fsp3) is 0.520. The van der Waals surface area contributed by atoms with Gasteiger partial charge in [-0.25, -0.2) is 8.42 Å². The monoisotopic (exact) mass is 530 g/mol. The van der Waals surface area contributed by atoms with Crippen molar-refractivity contribution < 1.29 is 22.6 Å². The summed E-state index contributed by atoms with van der Waals surface area (Å²) in [5.74, 6) is 1.86. The maximum Gasteiger partial charge on any atom is 0.243 e. The van der Waals surface area contributed by atoms with Gasteiger partial charge in [-0.05, 0) is 52.7 Å². The molecule has 2 unspecified atom stereocenters. The normalized spacial score (nSPS) is 15.8. The van der Waals surface area contributed by atoms with Crippen molar-refractivity contribution in [1.82, 2.24) is 24.7 Å². The first-order valence-corrected chi connectivity index (χ1v) is 13.8. The average Bonchev–Trinajstić information content (AvgIpc) is 3.22. The number of rotatable bonds is 11. The summed E-state index contributed by atoms with van der Waals surface area (Å²) in [6.45, 7) is 7.08. The molecule has 0 amide bonds. The molecule has 1 fully saturated rings. The molecule has 1 aliphatic rings. The number of anilines is 1. The molecule has 0 bridgehead atoms. The smallest absolute Gasteiger partial charge is 0.243 e. The zero-order chi connectivity index (χ0) is 26.7. The fourth-order valence-corrected chi connectivity index (χ4v) is 5.31. The van der Waals surface area contributed by atoms with Crippen LogP contribution in [0.4, 0.5) is 5.95 Å². The first-order chi connectivity index (χ1) is 17.7. The van der Waals surface area contributed by atoms with E-state index in [4.69, 9.17) is 14.2 Å². The van der Waals surface area contributed by atoms with E-state index in [1.807, 2.05) is 20.8 Å². The third-order valence-corrected chi connectivity index (χ3v) is 8.14. The lowest BCUT2D eigenvalue weighted by molar-refractivity contribution is 0.00394. The number of aromatic nitrogens is 5. The third-order valence-electron chi connectivity index (χ3n) is 6.44.